The van der Waals surface area contributed by atoms with Crippen LogP contribution in [0.2, 0.25) is 0 Å². The van der Waals surface area contributed by atoms with E-state index < -0.39 is 0 Å². The number of benzene rings is 2. The Morgan fingerprint density at radius 1 is 1.18 bits per heavy atom. The standard InChI is InChI=1S/C18H15BrN4O2S3/c19-14-6-7-15(24)13(8-14)9-20-21-16(25)11-27-18-23-22-17(28-18)26-10-12-4-2-1-3-5-12/h1-9,24H,10-11H2,(H,21,25)/b20-9-. The number of aromatic hydroxyl groups is 1. The van der Waals surface area contributed by atoms with Crippen molar-refractivity contribution in [1.82, 2.24) is 15.6 Å². The fourth-order valence-electron chi connectivity index (χ4n) is 2.00. The van der Waals surface area contributed by atoms with Gasteiger partial charge in [0.1, 0.15) is 5.75 Å². The molecule has 3 rings (SSSR count). The molecule has 0 aliphatic carbocycles. The van der Waals surface area contributed by atoms with Crippen LogP contribution >= 0.6 is 50.8 Å². The molecule has 28 heavy (non-hydrogen) atoms. The zero-order valence-corrected chi connectivity index (χ0v) is 18.4. The van der Waals surface area contributed by atoms with Crippen LogP contribution in [-0.2, 0) is 10.5 Å². The maximum atomic E-state index is 11.9. The van der Waals surface area contributed by atoms with E-state index in [1.54, 1.807) is 30.0 Å². The van der Waals surface area contributed by atoms with Crippen molar-refractivity contribution >= 4 is 62.9 Å². The van der Waals surface area contributed by atoms with Gasteiger partial charge in [0.05, 0.1) is 12.0 Å². The number of rotatable bonds is 8. The van der Waals surface area contributed by atoms with Gasteiger partial charge in [-0.3, -0.25) is 4.79 Å². The van der Waals surface area contributed by atoms with Crippen LogP contribution < -0.4 is 5.43 Å². The van der Waals surface area contributed by atoms with Gasteiger partial charge in [0, 0.05) is 15.8 Å². The van der Waals surface area contributed by atoms with Crippen LogP contribution in [0.3, 0.4) is 0 Å². The fourth-order valence-corrected chi connectivity index (χ4v) is 5.14. The van der Waals surface area contributed by atoms with E-state index in [1.165, 1.54) is 34.9 Å². The van der Waals surface area contributed by atoms with E-state index in [0.717, 1.165) is 18.9 Å². The van der Waals surface area contributed by atoms with Crippen LogP contribution in [0, 0.1) is 0 Å². The molecule has 0 saturated heterocycles. The minimum absolute atomic E-state index is 0.0879. The van der Waals surface area contributed by atoms with E-state index in [-0.39, 0.29) is 17.4 Å². The number of nitrogens with zero attached hydrogens (tertiary/aromatic N) is 3. The van der Waals surface area contributed by atoms with Crippen molar-refractivity contribution in [3.05, 3.63) is 64.1 Å². The molecule has 6 nitrogen and oxygen atoms in total. The highest BCUT2D eigenvalue weighted by atomic mass is 79.9. The Labute approximate surface area is 183 Å². The van der Waals surface area contributed by atoms with Crippen molar-refractivity contribution < 1.29 is 9.90 Å². The van der Waals surface area contributed by atoms with Gasteiger partial charge < -0.3 is 5.11 Å². The smallest absolute Gasteiger partial charge is 0.250 e. The zero-order chi connectivity index (χ0) is 19.8. The summed E-state index contributed by atoms with van der Waals surface area (Å²) in [5, 5.41) is 21.8. The van der Waals surface area contributed by atoms with Gasteiger partial charge in [-0.1, -0.05) is 81.1 Å². The number of carbonyl (C=O) groups is 1. The number of hydrazone groups is 1. The van der Waals surface area contributed by atoms with E-state index in [4.69, 9.17) is 0 Å². The Morgan fingerprint density at radius 3 is 2.71 bits per heavy atom. The summed E-state index contributed by atoms with van der Waals surface area (Å²) in [5.74, 6) is 0.840. The van der Waals surface area contributed by atoms with Crippen molar-refractivity contribution in [3.8, 4) is 5.75 Å². The number of thioether (sulfide) groups is 2. The SMILES string of the molecule is O=C(CSc1nnc(SCc2ccccc2)s1)N/N=C\c1cc(Br)ccc1O. The topological polar surface area (TPSA) is 87.5 Å². The summed E-state index contributed by atoms with van der Waals surface area (Å²) >= 11 is 7.72. The first-order valence-corrected chi connectivity index (χ1v) is 11.6. The van der Waals surface area contributed by atoms with Gasteiger partial charge in [-0.25, -0.2) is 5.43 Å². The van der Waals surface area contributed by atoms with Crippen molar-refractivity contribution in [2.75, 3.05) is 5.75 Å². The molecular formula is C18H15BrN4O2S3. The number of amides is 1. The molecular weight excluding hydrogens is 480 g/mol. The Balaban J connectivity index is 1.43. The highest BCUT2D eigenvalue weighted by Crippen LogP contribution is 2.30. The van der Waals surface area contributed by atoms with E-state index in [9.17, 15) is 9.90 Å². The Morgan fingerprint density at radius 2 is 1.93 bits per heavy atom. The van der Waals surface area contributed by atoms with Gasteiger partial charge in [0.25, 0.3) is 5.91 Å². The van der Waals surface area contributed by atoms with Crippen LogP contribution in [0.4, 0.5) is 0 Å². The van der Waals surface area contributed by atoms with Crippen molar-refractivity contribution in [1.29, 1.82) is 0 Å². The predicted octanol–water partition coefficient (Wildman–Crippen LogP) is 4.54. The number of phenolic OH excluding ortho intramolecular Hbond substituents is 1. The number of phenols is 1. The average Bonchev–Trinajstić information content (AvgIpc) is 3.16. The molecule has 144 valence electrons. The first-order valence-electron chi connectivity index (χ1n) is 8.03. The predicted molar refractivity (Wildman–Crippen MR) is 118 cm³/mol. The molecule has 0 unspecified atom stereocenters. The average molecular weight is 495 g/mol. The molecule has 0 aliphatic rings. The van der Waals surface area contributed by atoms with Crippen LogP contribution in [0.25, 0.3) is 0 Å². The summed E-state index contributed by atoms with van der Waals surface area (Å²) in [6.07, 6.45) is 1.39. The second-order valence-electron chi connectivity index (χ2n) is 5.39. The van der Waals surface area contributed by atoms with E-state index in [0.29, 0.717) is 5.56 Å². The number of carbonyl (C=O) groups excluding carboxylic acids is 1. The lowest BCUT2D eigenvalue weighted by Crippen LogP contribution is -2.19. The van der Waals surface area contributed by atoms with Crippen LogP contribution in [0.5, 0.6) is 5.75 Å². The van der Waals surface area contributed by atoms with Gasteiger partial charge in [-0.2, -0.15) is 5.10 Å². The molecule has 1 amide bonds. The molecule has 10 heteroatoms. The lowest BCUT2D eigenvalue weighted by molar-refractivity contribution is -0.118. The van der Waals surface area contributed by atoms with Gasteiger partial charge in [0.2, 0.25) is 0 Å². The van der Waals surface area contributed by atoms with Crippen molar-refractivity contribution in [2.45, 2.75) is 14.4 Å². The molecule has 0 saturated carbocycles. The molecule has 0 atom stereocenters. The first kappa shape index (κ1) is 20.8. The minimum Gasteiger partial charge on any atom is -0.507 e. The fraction of sp³-hybridized carbons (Fsp3) is 0.111. The number of halogens is 1. The van der Waals surface area contributed by atoms with Crippen molar-refractivity contribution in [3.63, 3.8) is 0 Å². The van der Waals surface area contributed by atoms with Gasteiger partial charge in [0.15, 0.2) is 8.68 Å². The highest BCUT2D eigenvalue weighted by Gasteiger charge is 2.08. The molecule has 0 radical (unpaired) electrons. The Hall–Kier alpha value is -1.88. The number of aromatic nitrogens is 2. The molecule has 0 spiro atoms. The summed E-state index contributed by atoms with van der Waals surface area (Å²) in [4.78, 5) is 11.9. The molecule has 3 aromatic rings. The maximum Gasteiger partial charge on any atom is 0.250 e. The molecule has 0 fully saturated rings. The molecule has 0 bridgehead atoms. The number of hydrogen-bond donors (Lipinski definition) is 2. The Bertz CT molecular complexity index is 966. The minimum atomic E-state index is -0.260. The third-order valence-corrected chi connectivity index (χ3v) is 7.06. The third kappa shape index (κ3) is 6.62. The van der Waals surface area contributed by atoms with E-state index in [2.05, 4.69) is 48.8 Å². The first-order chi connectivity index (χ1) is 13.6. The second kappa shape index (κ2) is 10.6. The normalized spacial score (nSPS) is 11.0. The highest BCUT2D eigenvalue weighted by molar-refractivity contribution is 9.10. The van der Waals surface area contributed by atoms with E-state index in [1.807, 2.05) is 18.2 Å². The summed E-state index contributed by atoms with van der Waals surface area (Å²) < 4.78 is 2.42. The Kier molecular flexibility index (Phi) is 7.90. The summed E-state index contributed by atoms with van der Waals surface area (Å²) in [5.41, 5.74) is 4.17. The summed E-state index contributed by atoms with van der Waals surface area (Å²) in [6.45, 7) is 0. The number of nitrogens with one attached hydrogen (secondary N) is 1. The molecule has 1 aromatic heterocycles. The lowest BCUT2D eigenvalue weighted by atomic mass is 10.2. The largest absolute Gasteiger partial charge is 0.507 e. The van der Waals surface area contributed by atoms with Crippen LogP contribution in [-0.4, -0.2) is 33.2 Å². The summed E-state index contributed by atoms with van der Waals surface area (Å²) in [6, 6.07) is 15.1. The third-order valence-electron chi connectivity index (χ3n) is 3.30. The maximum absolute atomic E-state index is 11.9. The molecule has 2 aromatic carbocycles. The molecule has 1 heterocycles. The van der Waals surface area contributed by atoms with Crippen molar-refractivity contribution in [2.24, 2.45) is 5.10 Å². The van der Waals surface area contributed by atoms with Gasteiger partial charge in [-0.15, -0.1) is 10.2 Å². The lowest BCUT2D eigenvalue weighted by Gasteiger charge is -2.00. The molecule has 2 N–H and O–H groups in total. The van der Waals surface area contributed by atoms with Crippen LogP contribution in [0.15, 0.2) is 66.8 Å². The van der Waals surface area contributed by atoms with Crippen LogP contribution in [0.1, 0.15) is 11.1 Å². The second-order valence-corrected chi connectivity index (χ2v) is 9.73. The van der Waals surface area contributed by atoms with Gasteiger partial charge in [-0.05, 0) is 23.8 Å². The number of hydrogen-bond acceptors (Lipinski definition) is 8. The quantitative estimate of drug-likeness (QED) is 0.271. The monoisotopic (exact) mass is 494 g/mol. The summed E-state index contributed by atoms with van der Waals surface area (Å²) in [7, 11) is 0. The van der Waals surface area contributed by atoms with Gasteiger partial charge >= 0.3 is 0 Å². The van der Waals surface area contributed by atoms with E-state index >= 15 is 0 Å². The zero-order valence-electron chi connectivity index (χ0n) is 14.4. The molecule has 0 aliphatic heterocycles.